The zero-order chi connectivity index (χ0) is 14.4. The second-order valence-corrected chi connectivity index (χ2v) is 6.81. The van der Waals surface area contributed by atoms with E-state index in [4.69, 9.17) is 8.92 Å². The molecule has 1 aromatic rings. The van der Waals surface area contributed by atoms with Crippen LogP contribution in [0.4, 0.5) is 0 Å². The Balaban J connectivity index is 2.03. The number of rotatable bonds is 6. The third kappa shape index (κ3) is 4.40. The molecule has 1 fully saturated rings. The number of hydrogen-bond acceptors (Lipinski definition) is 4. The van der Waals surface area contributed by atoms with E-state index in [1.807, 2.05) is 6.92 Å². The molecule has 0 aliphatic heterocycles. The van der Waals surface area contributed by atoms with Crippen LogP contribution in [0.1, 0.15) is 39.0 Å². The lowest BCUT2D eigenvalue weighted by molar-refractivity contribution is 0.326. The highest BCUT2D eigenvalue weighted by atomic mass is 32.2. The van der Waals surface area contributed by atoms with Gasteiger partial charge in [0.25, 0.3) is 0 Å². The quantitative estimate of drug-likeness (QED) is 0.756. The Morgan fingerprint density at radius 2 is 1.75 bits per heavy atom. The Hall–Kier alpha value is -1.23. The largest absolute Gasteiger partial charge is 0.490 e. The van der Waals surface area contributed by atoms with E-state index in [1.54, 1.807) is 24.3 Å². The smallest absolute Gasteiger partial charge is 0.309 e. The van der Waals surface area contributed by atoms with Gasteiger partial charge in [-0.05, 0) is 37.8 Å². The summed E-state index contributed by atoms with van der Waals surface area (Å²) in [5.74, 6) is 1.09. The topological polar surface area (TPSA) is 52.6 Å². The molecule has 1 aliphatic rings. The van der Waals surface area contributed by atoms with Crippen molar-refractivity contribution in [2.45, 2.75) is 39.0 Å². The average molecular weight is 298 g/mol. The maximum Gasteiger partial charge on any atom is 0.309 e. The lowest BCUT2D eigenvalue weighted by Crippen LogP contribution is -2.22. The Labute approximate surface area is 121 Å². The van der Waals surface area contributed by atoms with Crippen molar-refractivity contribution >= 4 is 10.1 Å². The second-order valence-electron chi connectivity index (χ2n) is 5.19. The maximum absolute atomic E-state index is 12.1. The molecule has 0 aromatic heterocycles. The fraction of sp³-hybridized carbons (Fsp3) is 0.600. The minimum atomic E-state index is -3.56. The van der Waals surface area contributed by atoms with E-state index in [9.17, 15) is 8.42 Å². The van der Waals surface area contributed by atoms with Gasteiger partial charge in [-0.1, -0.05) is 31.4 Å². The first-order valence-corrected chi connectivity index (χ1v) is 8.82. The molecule has 0 heterocycles. The van der Waals surface area contributed by atoms with Crippen LogP contribution in [0.25, 0.3) is 0 Å². The molecule has 1 aliphatic carbocycles. The number of ether oxygens (including phenoxy) is 1. The lowest BCUT2D eigenvalue weighted by Gasteiger charge is -2.21. The summed E-state index contributed by atoms with van der Waals surface area (Å²) in [5.41, 5.74) is 0. The predicted molar refractivity (Wildman–Crippen MR) is 78.6 cm³/mol. The molecule has 0 saturated heterocycles. The van der Waals surface area contributed by atoms with Crippen LogP contribution in [0.3, 0.4) is 0 Å². The van der Waals surface area contributed by atoms with Crippen LogP contribution in [-0.2, 0) is 10.1 Å². The van der Waals surface area contributed by atoms with Gasteiger partial charge in [0.15, 0.2) is 11.5 Å². The number of para-hydroxylation sites is 2. The average Bonchev–Trinajstić information content (AvgIpc) is 2.41. The van der Waals surface area contributed by atoms with E-state index in [-0.39, 0.29) is 17.4 Å². The highest BCUT2D eigenvalue weighted by Gasteiger charge is 2.23. The van der Waals surface area contributed by atoms with Crippen molar-refractivity contribution < 1.29 is 17.3 Å². The molecule has 1 saturated carbocycles. The summed E-state index contributed by atoms with van der Waals surface area (Å²) in [6.07, 6.45) is 5.42. The summed E-state index contributed by atoms with van der Waals surface area (Å²) in [4.78, 5) is 0. The van der Waals surface area contributed by atoms with E-state index in [0.717, 1.165) is 25.7 Å². The molecule has 1 aromatic carbocycles. The van der Waals surface area contributed by atoms with Crippen LogP contribution in [0.2, 0.25) is 0 Å². The van der Waals surface area contributed by atoms with Gasteiger partial charge in [-0.3, -0.25) is 0 Å². The highest BCUT2D eigenvalue weighted by Crippen LogP contribution is 2.30. The van der Waals surface area contributed by atoms with Crippen molar-refractivity contribution in [1.29, 1.82) is 0 Å². The Bertz CT molecular complexity index is 518. The van der Waals surface area contributed by atoms with E-state index in [2.05, 4.69) is 0 Å². The van der Waals surface area contributed by atoms with Gasteiger partial charge in [-0.15, -0.1) is 0 Å². The Morgan fingerprint density at radius 3 is 2.40 bits per heavy atom. The summed E-state index contributed by atoms with van der Waals surface area (Å²) in [6.45, 7) is 2.33. The van der Waals surface area contributed by atoms with Gasteiger partial charge in [0.05, 0.1) is 12.4 Å². The fourth-order valence-electron chi connectivity index (χ4n) is 2.61. The first kappa shape index (κ1) is 15.2. The van der Waals surface area contributed by atoms with Crippen LogP contribution < -0.4 is 8.92 Å². The van der Waals surface area contributed by atoms with Crippen LogP contribution in [0.15, 0.2) is 24.3 Å². The third-order valence-electron chi connectivity index (χ3n) is 3.53. The van der Waals surface area contributed by atoms with Gasteiger partial charge in [0.1, 0.15) is 0 Å². The first-order chi connectivity index (χ1) is 9.61. The number of hydrogen-bond donors (Lipinski definition) is 0. The molecule has 0 bridgehead atoms. The molecule has 20 heavy (non-hydrogen) atoms. The van der Waals surface area contributed by atoms with Crippen LogP contribution in [0, 0.1) is 5.92 Å². The van der Waals surface area contributed by atoms with Gasteiger partial charge in [0.2, 0.25) is 0 Å². The van der Waals surface area contributed by atoms with Gasteiger partial charge in [0, 0.05) is 0 Å². The molecule has 2 rings (SSSR count). The first-order valence-electron chi connectivity index (χ1n) is 7.24. The van der Waals surface area contributed by atoms with Crippen LogP contribution in [-0.4, -0.2) is 20.8 Å². The minimum absolute atomic E-state index is 0.105. The van der Waals surface area contributed by atoms with Gasteiger partial charge in [-0.2, -0.15) is 8.42 Å². The molecule has 0 N–H and O–H groups in total. The molecule has 0 amide bonds. The molecule has 112 valence electrons. The maximum atomic E-state index is 12.1. The van der Waals surface area contributed by atoms with E-state index < -0.39 is 10.1 Å². The zero-order valence-electron chi connectivity index (χ0n) is 11.9. The second kappa shape index (κ2) is 6.97. The van der Waals surface area contributed by atoms with Gasteiger partial charge < -0.3 is 8.92 Å². The molecule has 4 nitrogen and oxygen atoms in total. The Kier molecular flexibility index (Phi) is 5.29. The number of benzene rings is 1. The fourth-order valence-corrected chi connectivity index (χ4v) is 4.00. The third-order valence-corrected chi connectivity index (χ3v) is 4.84. The summed E-state index contributed by atoms with van der Waals surface area (Å²) in [7, 11) is -3.56. The monoisotopic (exact) mass is 298 g/mol. The minimum Gasteiger partial charge on any atom is -0.490 e. The van der Waals surface area contributed by atoms with Gasteiger partial charge >= 0.3 is 10.1 Å². The van der Waals surface area contributed by atoms with Crippen LogP contribution in [0.5, 0.6) is 11.5 Å². The van der Waals surface area contributed by atoms with E-state index in [1.165, 1.54) is 6.42 Å². The van der Waals surface area contributed by atoms with E-state index in [0.29, 0.717) is 12.4 Å². The summed E-state index contributed by atoms with van der Waals surface area (Å²) in [6, 6.07) is 6.89. The molecule has 0 atom stereocenters. The zero-order valence-corrected chi connectivity index (χ0v) is 12.7. The summed E-state index contributed by atoms with van der Waals surface area (Å²) >= 11 is 0. The lowest BCUT2D eigenvalue weighted by atomic mass is 9.91. The summed E-state index contributed by atoms with van der Waals surface area (Å²) in [5, 5.41) is 0. The van der Waals surface area contributed by atoms with Crippen molar-refractivity contribution in [3.63, 3.8) is 0 Å². The normalized spacial score (nSPS) is 16.9. The van der Waals surface area contributed by atoms with Crippen molar-refractivity contribution in [3.8, 4) is 11.5 Å². The van der Waals surface area contributed by atoms with Crippen molar-refractivity contribution in [2.75, 3.05) is 12.4 Å². The Morgan fingerprint density at radius 1 is 1.10 bits per heavy atom. The molecule has 5 heteroatoms. The van der Waals surface area contributed by atoms with Crippen molar-refractivity contribution in [3.05, 3.63) is 24.3 Å². The van der Waals surface area contributed by atoms with Crippen LogP contribution >= 0.6 is 0 Å². The molecule has 0 radical (unpaired) electrons. The van der Waals surface area contributed by atoms with Crippen molar-refractivity contribution in [2.24, 2.45) is 5.92 Å². The standard InChI is InChI=1S/C15H22O4S/c1-2-18-14-10-6-7-11-15(14)19-20(16,17)12-13-8-4-3-5-9-13/h6-7,10-11,13H,2-5,8-9,12H2,1H3. The molecule has 0 unspecified atom stereocenters. The highest BCUT2D eigenvalue weighted by molar-refractivity contribution is 7.87. The molecule has 0 spiro atoms. The SMILES string of the molecule is CCOc1ccccc1OS(=O)(=O)CC1CCCCC1. The molecular weight excluding hydrogens is 276 g/mol. The van der Waals surface area contributed by atoms with Gasteiger partial charge in [-0.25, -0.2) is 0 Å². The predicted octanol–water partition coefficient (Wildman–Crippen LogP) is 3.37. The van der Waals surface area contributed by atoms with E-state index >= 15 is 0 Å². The van der Waals surface area contributed by atoms with Crippen molar-refractivity contribution in [1.82, 2.24) is 0 Å². The molecular formula is C15H22O4S. The summed E-state index contributed by atoms with van der Waals surface area (Å²) < 4.78 is 34.9.